The van der Waals surface area contributed by atoms with E-state index >= 15 is 0 Å². The number of benzene rings is 2. The molecule has 144 valence electrons. The minimum atomic E-state index is -0.791. The van der Waals surface area contributed by atoms with Crippen LogP contribution in [-0.2, 0) is 9.59 Å². The van der Waals surface area contributed by atoms with Gasteiger partial charge in [0.1, 0.15) is 5.75 Å². The summed E-state index contributed by atoms with van der Waals surface area (Å²) in [5.74, 6) is -0.756. The first-order valence-corrected chi connectivity index (χ1v) is 8.57. The van der Waals surface area contributed by atoms with Crippen LogP contribution in [0.1, 0.15) is 24.5 Å². The number of carbonyl (C=O) groups is 2. The Morgan fingerprint density at radius 3 is 2.48 bits per heavy atom. The molecule has 2 amide bonds. The summed E-state index contributed by atoms with van der Waals surface area (Å²) in [7, 11) is 0. The first-order valence-electron chi connectivity index (χ1n) is 8.57. The van der Waals surface area contributed by atoms with Gasteiger partial charge in [-0.3, -0.25) is 20.4 Å². The quantitative estimate of drug-likeness (QED) is 0.731. The number of hydrogen-bond acceptors (Lipinski definition) is 4. The Morgan fingerprint density at radius 2 is 1.74 bits per heavy atom. The zero-order valence-electron chi connectivity index (χ0n) is 15.5. The first-order chi connectivity index (χ1) is 12.9. The second-order valence-electron chi connectivity index (χ2n) is 6.02. The second-order valence-corrected chi connectivity index (χ2v) is 6.02. The van der Waals surface area contributed by atoms with Crippen LogP contribution in [0.3, 0.4) is 0 Å². The smallest absolute Gasteiger partial charge is 0.279 e. The molecule has 0 bridgehead atoms. The van der Waals surface area contributed by atoms with Gasteiger partial charge in [-0.2, -0.15) is 0 Å². The molecular formula is C20H23FN2O4. The largest absolute Gasteiger partial charge is 0.490 e. The molecule has 0 spiro atoms. The van der Waals surface area contributed by atoms with Crippen LogP contribution in [0.5, 0.6) is 11.5 Å². The normalized spacial score (nSPS) is 11.4. The Kier molecular flexibility index (Phi) is 7.16. The Balaban J connectivity index is 1.73. The number of amides is 2. The van der Waals surface area contributed by atoms with Crippen molar-refractivity contribution in [1.82, 2.24) is 10.9 Å². The van der Waals surface area contributed by atoms with E-state index in [-0.39, 0.29) is 18.8 Å². The molecule has 1 unspecified atom stereocenters. The molecule has 0 aliphatic rings. The van der Waals surface area contributed by atoms with E-state index in [0.717, 1.165) is 11.1 Å². The molecule has 0 radical (unpaired) electrons. The lowest BCUT2D eigenvalue weighted by Crippen LogP contribution is -2.47. The van der Waals surface area contributed by atoms with Gasteiger partial charge in [-0.15, -0.1) is 0 Å². The average Bonchev–Trinajstić information content (AvgIpc) is 2.65. The summed E-state index contributed by atoms with van der Waals surface area (Å²) in [6, 6.07) is 11.5. The highest BCUT2D eigenvalue weighted by atomic mass is 19.1. The molecule has 2 aromatic rings. The molecule has 2 N–H and O–H groups in total. The van der Waals surface area contributed by atoms with Crippen molar-refractivity contribution < 1.29 is 23.5 Å². The molecule has 0 heterocycles. The van der Waals surface area contributed by atoms with Gasteiger partial charge in [0.15, 0.2) is 17.7 Å². The highest BCUT2D eigenvalue weighted by molar-refractivity contribution is 5.84. The van der Waals surface area contributed by atoms with E-state index in [0.29, 0.717) is 5.75 Å². The van der Waals surface area contributed by atoms with Crippen LogP contribution in [0.25, 0.3) is 0 Å². The molecule has 2 rings (SSSR count). The predicted molar refractivity (Wildman–Crippen MR) is 98.8 cm³/mol. The zero-order valence-corrected chi connectivity index (χ0v) is 15.5. The highest BCUT2D eigenvalue weighted by Crippen LogP contribution is 2.21. The van der Waals surface area contributed by atoms with Crippen molar-refractivity contribution in [1.29, 1.82) is 0 Å². The molecule has 2 aromatic carbocycles. The highest BCUT2D eigenvalue weighted by Gasteiger charge is 2.16. The number of aryl methyl sites for hydroxylation is 1. The van der Waals surface area contributed by atoms with Crippen LogP contribution in [0.2, 0.25) is 0 Å². The van der Waals surface area contributed by atoms with Gasteiger partial charge >= 0.3 is 0 Å². The van der Waals surface area contributed by atoms with E-state index in [9.17, 15) is 14.0 Å². The fourth-order valence-electron chi connectivity index (χ4n) is 2.21. The van der Waals surface area contributed by atoms with Crippen molar-refractivity contribution in [2.75, 3.05) is 6.61 Å². The number of carbonyl (C=O) groups excluding carboxylic acids is 2. The topological polar surface area (TPSA) is 76.7 Å². The minimum Gasteiger partial charge on any atom is -0.490 e. The average molecular weight is 374 g/mol. The molecule has 1 atom stereocenters. The Hall–Kier alpha value is -3.09. The van der Waals surface area contributed by atoms with Crippen LogP contribution in [0.15, 0.2) is 42.5 Å². The molecule has 6 nitrogen and oxygen atoms in total. The lowest BCUT2D eigenvalue weighted by Gasteiger charge is -2.17. The zero-order chi connectivity index (χ0) is 19.8. The SMILES string of the molecule is Cc1cccc(OC(C)C(=O)NNC(=O)CCOc2ccccc2F)c1C. The van der Waals surface area contributed by atoms with Gasteiger partial charge in [-0.25, -0.2) is 4.39 Å². The Labute approximate surface area is 157 Å². The van der Waals surface area contributed by atoms with E-state index in [1.165, 1.54) is 12.1 Å². The van der Waals surface area contributed by atoms with Gasteiger partial charge in [0.25, 0.3) is 5.91 Å². The third-order valence-electron chi connectivity index (χ3n) is 3.98. The fourth-order valence-corrected chi connectivity index (χ4v) is 2.21. The molecule has 0 aromatic heterocycles. The van der Waals surface area contributed by atoms with Crippen molar-refractivity contribution in [2.24, 2.45) is 0 Å². The van der Waals surface area contributed by atoms with E-state index in [4.69, 9.17) is 9.47 Å². The van der Waals surface area contributed by atoms with Crippen molar-refractivity contribution in [3.05, 3.63) is 59.4 Å². The first kappa shape index (κ1) is 20.2. The summed E-state index contributed by atoms with van der Waals surface area (Å²) in [6.07, 6.45) is -0.832. The molecule has 0 aliphatic heterocycles. The van der Waals surface area contributed by atoms with Gasteiger partial charge in [0.2, 0.25) is 5.91 Å². The van der Waals surface area contributed by atoms with Crippen LogP contribution in [-0.4, -0.2) is 24.5 Å². The van der Waals surface area contributed by atoms with Gasteiger partial charge in [-0.1, -0.05) is 24.3 Å². The van der Waals surface area contributed by atoms with Crippen molar-refractivity contribution in [3.63, 3.8) is 0 Å². The standard InChI is InChI=1S/C20H23FN2O4/c1-13-7-6-10-17(14(13)2)27-15(3)20(25)23-22-19(24)11-12-26-18-9-5-4-8-16(18)21/h4-10,15H,11-12H2,1-3H3,(H,22,24)(H,23,25). The van der Waals surface area contributed by atoms with E-state index in [1.807, 2.05) is 26.0 Å². The predicted octanol–water partition coefficient (Wildman–Crippen LogP) is 2.83. The van der Waals surface area contributed by atoms with E-state index in [1.54, 1.807) is 25.1 Å². The second kappa shape index (κ2) is 9.56. The van der Waals surface area contributed by atoms with E-state index in [2.05, 4.69) is 10.9 Å². The van der Waals surface area contributed by atoms with Crippen LogP contribution in [0, 0.1) is 19.7 Å². The molecule has 7 heteroatoms. The monoisotopic (exact) mass is 374 g/mol. The third-order valence-corrected chi connectivity index (χ3v) is 3.98. The fraction of sp³-hybridized carbons (Fsp3) is 0.300. The molecule has 0 saturated heterocycles. The molecule has 0 saturated carbocycles. The van der Waals surface area contributed by atoms with Crippen LogP contribution in [0.4, 0.5) is 4.39 Å². The summed E-state index contributed by atoms with van der Waals surface area (Å²) < 4.78 is 24.2. The third kappa shape index (κ3) is 5.99. The lowest BCUT2D eigenvalue weighted by atomic mass is 10.1. The van der Waals surface area contributed by atoms with Gasteiger partial charge < -0.3 is 9.47 Å². The molecule has 0 aliphatic carbocycles. The van der Waals surface area contributed by atoms with Crippen molar-refractivity contribution in [2.45, 2.75) is 33.3 Å². The molecule has 27 heavy (non-hydrogen) atoms. The van der Waals surface area contributed by atoms with Gasteiger partial charge in [-0.05, 0) is 50.1 Å². The van der Waals surface area contributed by atoms with Crippen molar-refractivity contribution in [3.8, 4) is 11.5 Å². The van der Waals surface area contributed by atoms with Crippen LogP contribution < -0.4 is 20.3 Å². The number of ether oxygens (including phenoxy) is 2. The van der Waals surface area contributed by atoms with Gasteiger partial charge in [0, 0.05) is 0 Å². The molecule has 0 fully saturated rings. The number of rotatable bonds is 7. The minimum absolute atomic E-state index is 0.0167. The summed E-state index contributed by atoms with van der Waals surface area (Å²) in [5, 5.41) is 0. The molecular weight excluding hydrogens is 351 g/mol. The summed E-state index contributed by atoms with van der Waals surface area (Å²) in [6.45, 7) is 5.44. The lowest BCUT2D eigenvalue weighted by molar-refractivity contribution is -0.132. The number of para-hydroxylation sites is 1. The maximum absolute atomic E-state index is 13.4. The summed E-state index contributed by atoms with van der Waals surface area (Å²) >= 11 is 0. The summed E-state index contributed by atoms with van der Waals surface area (Å²) in [4.78, 5) is 23.8. The Morgan fingerprint density at radius 1 is 1.04 bits per heavy atom. The van der Waals surface area contributed by atoms with E-state index < -0.39 is 23.7 Å². The number of nitrogens with one attached hydrogen (secondary N) is 2. The Bertz CT molecular complexity index is 810. The number of hydrogen-bond donors (Lipinski definition) is 2. The van der Waals surface area contributed by atoms with Crippen molar-refractivity contribution >= 4 is 11.8 Å². The number of hydrazine groups is 1. The van der Waals surface area contributed by atoms with Crippen LogP contribution >= 0.6 is 0 Å². The van der Waals surface area contributed by atoms with Gasteiger partial charge in [0.05, 0.1) is 13.0 Å². The summed E-state index contributed by atoms with van der Waals surface area (Å²) in [5.41, 5.74) is 6.60. The maximum atomic E-state index is 13.4. The maximum Gasteiger partial charge on any atom is 0.279 e. The number of halogens is 1.